The zero-order chi connectivity index (χ0) is 19.4. The molecule has 0 aliphatic heterocycles. The Balaban J connectivity index is 1.53. The molecule has 0 radical (unpaired) electrons. The fourth-order valence-corrected chi connectivity index (χ4v) is 4.42. The Morgan fingerprint density at radius 1 is 1.22 bits per heavy atom. The maximum Gasteiger partial charge on any atom is 0.317 e. The van der Waals surface area contributed by atoms with E-state index in [-0.39, 0.29) is 30.7 Å². The van der Waals surface area contributed by atoms with Crippen LogP contribution in [0.3, 0.4) is 0 Å². The van der Waals surface area contributed by atoms with Gasteiger partial charge in [-0.15, -0.1) is 0 Å². The average molecular weight is 373 g/mol. The minimum atomic E-state index is -0.799. The van der Waals surface area contributed by atoms with Crippen LogP contribution in [0.1, 0.15) is 56.7 Å². The molecule has 3 N–H and O–H groups in total. The molecular formula is C21H31N3O3. The van der Waals surface area contributed by atoms with Gasteiger partial charge in [0.15, 0.2) is 0 Å². The zero-order valence-electron chi connectivity index (χ0n) is 16.3. The SMILES string of the molecule is CCN(CC(=O)O)C1CC(NC(=O)NC2c3ccccc3CCCC2C)C1. The van der Waals surface area contributed by atoms with Gasteiger partial charge >= 0.3 is 12.0 Å². The summed E-state index contributed by atoms with van der Waals surface area (Å²) in [4.78, 5) is 25.5. The second kappa shape index (κ2) is 8.74. The number of hydrogen-bond acceptors (Lipinski definition) is 3. The van der Waals surface area contributed by atoms with E-state index in [1.807, 2.05) is 17.9 Å². The summed E-state index contributed by atoms with van der Waals surface area (Å²) in [5.41, 5.74) is 2.57. The first-order chi connectivity index (χ1) is 13.0. The summed E-state index contributed by atoms with van der Waals surface area (Å²) in [6.45, 7) is 4.96. The van der Waals surface area contributed by atoms with Gasteiger partial charge in [-0.05, 0) is 55.7 Å². The van der Waals surface area contributed by atoms with E-state index in [0.717, 1.165) is 32.1 Å². The molecule has 2 atom stereocenters. The number of carboxylic acids is 1. The van der Waals surface area contributed by atoms with Crippen LogP contribution in [0.4, 0.5) is 4.79 Å². The zero-order valence-corrected chi connectivity index (χ0v) is 16.3. The van der Waals surface area contributed by atoms with Gasteiger partial charge < -0.3 is 15.7 Å². The molecule has 6 heteroatoms. The summed E-state index contributed by atoms with van der Waals surface area (Å²) >= 11 is 0. The van der Waals surface area contributed by atoms with Crippen LogP contribution in [-0.4, -0.2) is 47.2 Å². The first-order valence-corrected chi connectivity index (χ1v) is 10.1. The quantitative estimate of drug-likeness (QED) is 0.670. The van der Waals surface area contributed by atoms with E-state index in [9.17, 15) is 9.59 Å². The van der Waals surface area contributed by atoms with Crippen molar-refractivity contribution >= 4 is 12.0 Å². The molecule has 2 aliphatic rings. The van der Waals surface area contributed by atoms with Crippen LogP contribution >= 0.6 is 0 Å². The topological polar surface area (TPSA) is 81.7 Å². The molecule has 0 spiro atoms. The highest BCUT2D eigenvalue weighted by molar-refractivity contribution is 5.75. The molecule has 3 rings (SSSR count). The number of urea groups is 1. The van der Waals surface area contributed by atoms with Crippen molar-refractivity contribution in [3.05, 3.63) is 35.4 Å². The Morgan fingerprint density at radius 2 is 1.96 bits per heavy atom. The predicted molar refractivity (Wildman–Crippen MR) is 105 cm³/mol. The molecule has 0 aromatic heterocycles. The standard InChI is InChI=1S/C21H31N3O3/c1-3-24(13-19(25)26)17-11-16(12-17)22-21(27)23-20-14(2)7-6-9-15-8-4-5-10-18(15)20/h4-5,8,10,14,16-17,20H,3,6-7,9,11-13H2,1-2H3,(H,25,26)(H2,22,23,27). The van der Waals surface area contributed by atoms with Crippen LogP contribution in [-0.2, 0) is 11.2 Å². The fourth-order valence-electron chi connectivity index (χ4n) is 4.42. The van der Waals surface area contributed by atoms with Gasteiger partial charge in [-0.2, -0.15) is 0 Å². The Bertz CT molecular complexity index is 672. The number of aryl methyl sites for hydroxylation is 1. The number of rotatable bonds is 6. The van der Waals surface area contributed by atoms with Crippen molar-refractivity contribution in [2.45, 2.75) is 64.1 Å². The van der Waals surface area contributed by atoms with Crippen molar-refractivity contribution in [2.24, 2.45) is 5.92 Å². The Labute approximate surface area is 161 Å². The molecule has 1 saturated carbocycles. The number of nitrogens with zero attached hydrogens (tertiary/aromatic N) is 1. The highest BCUT2D eigenvalue weighted by Crippen LogP contribution is 2.33. The van der Waals surface area contributed by atoms with Crippen molar-refractivity contribution in [2.75, 3.05) is 13.1 Å². The monoisotopic (exact) mass is 373 g/mol. The number of carbonyl (C=O) groups excluding carboxylic acids is 1. The Kier molecular flexibility index (Phi) is 6.37. The first-order valence-electron chi connectivity index (χ1n) is 10.1. The number of carboxylic acid groups (broad SMARTS) is 1. The minimum absolute atomic E-state index is 0.0405. The maximum absolute atomic E-state index is 12.6. The number of hydrogen-bond donors (Lipinski definition) is 3. The van der Waals surface area contributed by atoms with Crippen LogP contribution in [0, 0.1) is 5.92 Å². The third-order valence-corrected chi connectivity index (χ3v) is 6.06. The third kappa shape index (κ3) is 4.80. The van der Waals surface area contributed by atoms with Gasteiger partial charge in [0.1, 0.15) is 0 Å². The van der Waals surface area contributed by atoms with Crippen LogP contribution in [0.15, 0.2) is 24.3 Å². The van der Waals surface area contributed by atoms with Crippen molar-refractivity contribution in [1.82, 2.24) is 15.5 Å². The lowest BCUT2D eigenvalue weighted by molar-refractivity contribution is -0.139. The average Bonchev–Trinajstić information content (AvgIpc) is 2.75. The Hall–Kier alpha value is -2.08. The molecule has 0 bridgehead atoms. The number of aliphatic carboxylic acids is 1. The molecule has 27 heavy (non-hydrogen) atoms. The highest BCUT2D eigenvalue weighted by atomic mass is 16.4. The third-order valence-electron chi connectivity index (χ3n) is 6.06. The van der Waals surface area contributed by atoms with E-state index >= 15 is 0 Å². The van der Waals surface area contributed by atoms with E-state index in [0.29, 0.717) is 12.5 Å². The van der Waals surface area contributed by atoms with Crippen molar-refractivity contribution in [1.29, 1.82) is 0 Å². The molecule has 6 nitrogen and oxygen atoms in total. The predicted octanol–water partition coefficient (Wildman–Crippen LogP) is 2.94. The molecule has 2 amide bonds. The smallest absolute Gasteiger partial charge is 0.317 e. The van der Waals surface area contributed by atoms with E-state index in [1.54, 1.807) is 0 Å². The minimum Gasteiger partial charge on any atom is -0.480 e. The normalized spacial score (nSPS) is 27.2. The van der Waals surface area contributed by atoms with Crippen LogP contribution < -0.4 is 10.6 Å². The highest BCUT2D eigenvalue weighted by Gasteiger charge is 2.35. The molecule has 2 unspecified atom stereocenters. The van der Waals surface area contributed by atoms with Gasteiger partial charge in [0, 0.05) is 12.1 Å². The lowest BCUT2D eigenvalue weighted by atomic mass is 9.85. The summed E-state index contributed by atoms with van der Waals surface area (Å²) in [6, 6.07) is 8.69. The van der Waals surface area contributed by atoms with Gasteiger partial charge in [-0.3, -0.25) is 9.69 Å². The summed E-state index contributed by atoms with van der Waals surface area (Å²) in [5.74, 6) is -0.397. The van der Waals surface area contributed by atoms with Crippen LogP contribution in [0.2, 0.25) is 0 Å². The van der Waals surface area contributed by atoms with E-state index in [4.69, 9.17) is 5.11 Å². The number of amides is 2. The van der Waals surface area contributed by atoms with Crippen LogP contribution in [0.25, 0.3) is 0 Å². The lowest BCUT2D eigenvalue weighted by Gasteiger charge is -2.42. The molecule has 1 fully saturated rings. The van der Waals surface area contributed by atoms with E-state index in [1.165, 1.54) is 11.1 Å². The van der Waals surface area contributed by atoms with Gasteiger partial charge in [-0.1, -0.05) is 38.1 Å². The molecule has 1 aromatic rings. The number of fused-ring (bicyclic) bond motifs is 1. The van der Waals surface area contributed by atoms with Gasteiger partial charge in [0.25, 0.3) is 0 Å². The first kappa shape index (κ1) is 19.7. The van der Waals surface area contributed by atoms with Crippen molar-refractivity contribution in [3.63, 3.8) is 0 Å². The molecule has 0 saturated heterocycles. The van der Waals surface area contributed by atoms with Crippen molar-refractivity contribution < 1.29 is 14.7 Å². The number of carbonyl (C=O) groups is 2. The van der Waals surface area contributed by atoms with E-state index < -0.39 is 5.97 Å². The molecule has 0 heterocycles. The van der Waals surface area contributed by atoms with Gasteiger partial charge in [0.2, 0.25) is 0 Å². The second-order valence-corrected chi connectivity index (χ2v) is 7.94. The molecular weight excluding hydrogens is 342 g/mol. The van der Waals surface area contributed by atoms with Gasteiger partial charge in [0.05, 0.1) is 12.6 Å². The van der Waals surface area contributed by atoms with Crippen LogP contribution in [0.5, 0.6) is 0 Å². The molecule has 1 aromatic carbocycles. The van der Waals surface area contributed by atoms with Gasteiger partial charge in [-0.25, -0.2) is 4.79 Å². The number of likely N-dealkylation sites (N-methyl/N-ethyl adjacent to an activating group) is 1. The number of benzene rings is 1. The summed E-state index contributed by atoms with van der Waals surface area (Å²) in [6.07, 6.45) is 4.95. The summed E-state index contributed by atoms with van der Waals surface area (Å²) < 4.78 is 0. The maximum atomic E-state index is 12.6. The number of nitrogens with one attached hydrogen (secondary N) is 2. The lowest BCUT2D eigenvalue weighted by Crippen LogP contribution is -2.56. The second-order valence-electron chi connectivity index (χ2n) is 7.94. The Morgan fingerprint density at radius 3 is 2.67 bits per heavy atom. The fraction of sp³-hybridized carbons (Fsp3) is 0.619. The largest absolute Gasteiger partial charge is 0.480 e. The summed E-state index contributed by atoms with van der Waals surface area (Å²) in [5, 5.41) is 15.3. The van der Waals surface area contributed by atoms with E-state index in [2.05, 4.69) is 35.8 Å². The summed E-state index contributed by atoms with van der Waals surface area (Å²) in [7, 11) is 0. The molecule has 2 aliphatic carbocycles. The van der Waals surface area contributed by atoms with Crippen molar-refractivity contribution in [3.8, 4) is 0 Å². The molecule has 148 valence electrons.